The van der Waals surface area contributed by atoms with Gasteiger partial charge >= 0.3 is 12.1 Å². The molecule has 5 rings (SSSR count). The van der Waals surface area contributed by atoms with Gasteiger partial charge < -0.3 is 15.3 Å². The summed E-state index contributed by atoms with van der Waals surface area (Å²) in [5.74, 6) is -0.331. The third-order valence-electron chi connectivity index (χ3n) is 7.35. The van der Waals surface area contributed by atoms with Crippen LogP contribution in [-0.4, -0.2) is 56.4 Å². The molecule has 0 aliphatic carbocycles. The minimum absolute atomic E-state index is 0.0370. The van der Waals surface area contributed by atoms with Crippen molar-refractivity contribution in [2.75, 3.05) is 29.1 Å². The summed E-state index contributed by atoms with van der Waals surface area (Å²) in [6.07, 6.45) is 2.41. The van der Waals surface area contributed by atoms with E-state index in [1.165, 1.54) is 36.4 Å². The van der Waals surface area contributed by atoms with Gasteiger partial charge in [0.15, 0.2) is 5.78 Å². The number of rotatable bonds is 11. The minimum Gasteiger partial charge on any atom is -0.481 e. The van der Waals surface area contributed by atoms with E-state index in [0.29, 0.717) is 22.9 Å². The molecule has 2 N–H and O–H groups in total. The maximum absolute atomic E-state index is 13.9. The van der Waals surface area contributed by atoms with Crippen LogP contribution in [0, 0.1) is 0 Å². The van der Waals surface area contributed by atoms with E-state index in [-0.39, 0.29) is 28.9 Å². The summed E-state index contributed by atoms with van der Waals surface area (Å²) in [5.41, 5.74) is 0.617. The molecule has 0 bridgehead atoms. The Bertz CT molecular complexity index is 1760. The number of piperidine rings is 1. The molecule has 1 amide bonds. The average molecular weight is 672 g/mol. The highest BCUT2D eigenvalue weighted by Gasteiger charge is 2.33. The van der Waals surface area contributed by atoms with Crippen LogP contribution in [0.4, 0.5) is 24.7 Å². The van der Waals surface area contributed by atoms with Gasteiger partial charge in [-0.3, -0.25) is 14.4 Å². The molecule has 0 atom stereocenters. The summed E-state index contributed by atoms with van der Waals surface area (Å²) >= 11 is 7.20. The monoisotopic (exact) mass is 671 g/mol. The fourth-order valence-electron chi connectivity index (χ4n) is 4.98. The second-order valence-corrected chi connectivity index (χ2v) is 12.2. The maximum atomic E-state index is 13.9. The summed E-state index contributed by atoms with van der Waals surface area (Å²) in [7, 11) is 0. The molecular formula is C32H29ClF3N5O4S. The molecule has 4 aromatic rings. The Kier molecular flexibility index (Phi) is 10.3. The molecule has 1 saturated heterocycles. The fourth-order valence-corrected chi connectivity index (χ4v) is 6.09. The number of carbonyl (C=O) groups is 3. The normalized spacial score (nSPS) is 13.4. The van der Waals surface area contributed by atoms with Crippen molar-refractivity contribution in [2.24, 2.45) is 0 Å². The summed E-state index contributed by atoms with van der Waals surface area (Å²) in [6, 6.07) is 11.8. The maximum Gasteiger partial charge on any atom is 0.417 e. The van der Waals surface area contributed by atoms with Crippen LogP contribution in [0.15, 0.2) is 67.1 Å². The molecule has 0 radical (unpaired) electrons. The predicted molar refractivity (Wildman–Crippen MR) is 170 cm³/mol. The molecule has 1 aliphatic rings. The molecule has 9 nitrogen and oxygen atoms in total. The number of alkyl halides is 3. The Labute approximate surface area is 271 Å². The first kappa shape index (κ1) is 33.0. The lowest BCUT2D eigenvalue weighted by atomic mass is 10.0. The van der Waals surface area contributed by atoms with E-state index in [0.717, 1.165) is 54.7 Å². The molecule has 0 spiro atoms. The Balaban J connectivity index is 1.42. The highest BCUT2D eigenvalue weighted by molar-refractivity contribution is 7.98. The number of nitrogens with zero attached hydrogens (tertiary/aromatic N) is 4. The first-order valence-corrected chi connectivity index (χ1v) is 15.9. The highest BCUT2D eigenvalue weighted by Crippen LogP contribution is 2.36. The predicted octanol–water partition coefficient (Wildman–Crippen LogP) is 7.12. The number of carboxylic acids is 1. The number of hydrogen-bond acceptors (Lipinski definition) is 7. The largest absolute Gasteiger partial charge is 0.481 e. The Morgan fingerprint density at radius 3 is 2.52 bits per heavy atom. The first-order chi connectivity index (χ1) is 22.0. The quantitative estimate of drug-likeness (QED) is 0.128. The van der Waals surface area contributed by atoms with E-state index in [1.54, 1.807) is 24.3 Å². The van der Waals surface area contributed by atoms with Crippen LogP contribution in [0.25, 0.3) is 5.69 Å². The van der Waals surface area contributed by atoms with E-state index in [9.17, 15) is 27.6 Å². The van der Waals surface area contributed by atoms with Gasteiger partial charge in [0.1, 0.15) is 5.82 Å². The van der Waals surface area contributed by atoms with Crippen LogP contribution in [-0.2, 0) is 16.7 Å². The Morgan fingerprint density at radius 2 is 1.78 bits per heavy atom. The van der Waals surface area contributed by atoms with E-state index in [2.05, 4.69) is 20.3 Å². The van der Waals surface area contributed by atoms with Gasteiger partial charge in [0.25, 0.3) is 5.91 Å². The number of aromatic nitrogens is 3. The highest BCUT2D eigenvalue weighted by atomic mass is 35.5. The number of thioether (sulfide) groups is 1. The number of hydrogen-bond donors (Lipinski definition) is 2. The molecule has 1 fully saturated rings. The minimum atomic E-state index is -4.67. The molecule has 1 aliphatic heterocycles. The number of anilines is 2. The number of amides is 1. The standard InChI is InChI=1S/C32H29ClF3N5O4S/c33-26-8-7-23(14-25(26)32(34,35)36)41-18-22(16-38-41)30(44)24-15-28(40-10-2-1-3-11-40)37-17-27(24)39-31(45)21-6-4-5-20(13-21)19-46-12-9-29(42)43/h4-8,13-18H,1-3,9-12,19H2,(H,39,45)(H,42,43). The lowest BCUT2D eigenvalue weighted by molar-refractivity contribution is -0.138. The smallest absolute Gasteiger partial charge is 0.417 e. The van der Waals surface area contributed by atoms with Gasteiger partial charge in [-0.25, -0.2) is 9.67 Å². The number of nitrogens with one attached hydrogen (secondary N) is 1. The van der Waals surface area contributed by atoms with Crippen molar-refractivity contribution >= 4 is 52.5 Å². The summed E-state index contributed by atoms with van der Waals surface area (Å²) in [5, 5.41) is 15.3. The molecule has 0 unspecified atom stereocenters. The number of ketones is 1. The summed E-state index contributed by atoms with van der Waals surface area (Å²) in [6.45, 7) is 1.53. The zero-order valence-corrected chi connectivity index (χ0v) is 26.0. The number of halogens is 4. The van der Waals surface area contributed by atoms with Crippen molar-refractivity contribution in [3.63, 3.8) is 0 Å². The lowest BCUT2D eigenvalue weighted by Crippen LogP contribution is -2.30. The molecule has 240 valence electrons. The molecule has 2 aromatic heterocycles. The SMILES string of the molecule is O=C(O)CCSCc1cccc(C(=O)Nc2cnc(N3CCCCC3)cc2C(=O)c2cnn(-c3ccc(Cl)c(C(F)(F)F)c3)c2)c1. The van der Waals surface area contributed by atoms with Gasteiger partial charge in [-0.05, 0) is 61.2 Å². The van der Waals surface area contributed by atoms with Gasteiger partial charge in [0.2, 0.25) is 0 Å². The van der Waals surface area contributed by atoms with Crippen LogP contribution in [0.2, 0.25) is 5.02 Å². The average Bonchev–Trinajstić information content (AvgIpc) is 3.53. The van der Waals surface area contributed by atoms with Crippen molar-refractivity contribution < 1.29 is 32.7 Å². The van der Waals surface area contributed by atoms with Crippen molar-refractivity contribution in [1.82, 2.24) is 14.8 Å². The van der Waals surface area contributed by atoms with Crippen molar-refractivity contribution in [3.8, 4) is 5.69 Å². The van der Waals surface area contributed by atoms with Crippen molar-refractivity contribution in [2.45, 2.75) is 37.6 Å². The van der Waals surface area contributed by atoms with Crippen LogP contribution in [0.3, 0.4) is 0 Å². The second-order valence-electron chi connectivity index (χ2n) is 10.7. The Hall–Kier alpha value is -4.36. The molecule has 14 heteroatoms. The molecule has 2 aromatic carbocycles. The first-order valence-electron chi connectivity index (χ1n) is 14.4. The topological polar surface area (TPSA) is 117 Å². The number of carbonyl (C=O) groups excluding carboxylic acids is 2. The zero-order valence-electron chi connectivity index (χ0n) is 24.4. The van der Waals surface area contributed by atoms with E-state index < -0.39 is 34.4 Å². The summed E-state index contributed by atoms with van der Waals surface area (Å²) in [4.78, 5) is 44.6. The van der Waals surface area contributed by atoms with E-state index in [1.807, 2.05) is 6.07 Å². The zero-order chi connectivity index (χ0) is 32.8. The van der Waals surface area contributed by atoms with E-state index in [4.69, 9.17) is 16.7 Å². The fraction of sp³-hybridized carbons (Fsp3) is 0.281. The number of pyridine rings is 1. The molecule has 46 heavy (non-hydrogen) atoms. The number of carboxylic acid groups (broad SMARTS) is 1. The van der Waals surface area contributed by atoms with Gasteiger partial charge in [-0.2, -0.15) is 30.0 Å². The van der Waals surface area contributed by atoms with Crippen LogP contribution < -0.4 is 10.2 Å². The third kappa shape index (κ3) is 8.07. The Morgan fingerprint density at radius 1 is 1.00 bits per heavy atom. The number of benzene rings is 2. The van der Waals surface area contributed by atoms with Crippen LogP contribution >= 0.6 is 23.4 Å². The van der Waals surface area contributed by atoms with Gasteiger partial charge in [0.05, 0.1) is 51.9 Å². The van der Waals surface area contributed by atoms with Crippen LogP contribution in [0.1, 0.15) is 63.1 Å². The van der Waals surface area contributed by atoms with Gasteiger partial charge in [0, 0.05) is 36.4 Å². The molecular weight excluding hydrogens is 643 g/mol. The molecule has 3 heterocycles. The van der Waals surface area contributed by atoms with Crippen LogP contribution in [0.5, 0.6) is 0 Å². The third-order valence-corrected chi connectivity index (χ3v) is 8.71. The van der Waals surface area contributed by atoms with Crippen molar-refractivity contribution in [3.05, 3.63) is 100.0 Å². The lowest BCUT2D eigenvalue weighted by Gasteiger charge is -2.28. The van der Waals surface area contributed by atoms with Gasteiger partial charge in [-0.1, -0.05) is 23.7 Å². The summed E-state index contributed by atoms with van der Waals surface area (Å²) < 4.78 is 41.5. The van der Waals surface area contributed by atoms with E-state index >= 15 is 0 Å². The second kappa shape index (κ2) is 14.4. The molecule has 0 saturated carbocycles. The van der Waals surface area contributed by atoms with Gasteiger partial charge in [-0.15, -0.1) is 0 Å². The van der Waals surface area contributed by atoms with Crippen molar-refractivity contribution in [1.29, 1.82) is 0 Å². The number of aliphatic carboxylic acids is 1.